The Kier molecular flexibility index (Phi) is 4.13. The van der Waals surface area contributed by atoms with Crippen LogP contribution >= 0.6 is 0 Å². The van der Waals surface area contributed by atoms with Crippen molar-refractivity contribution in [3.8, 4) is 22.8 Å². The van der Waals surface area contributed by atoms with Crippen molar-refractivity contribution >= 4 is 17.0 Å². The summed E-state index contributed by atoms with van der Waals surface area (Å²) in [5.74, 6) is 1.43. The maximum Gasteiger partial charge on any atom is 0.144 e. The van der Waals surface area contributed by atoms with Gasteiger partial charge in [0, 0.05) is 51.9 Å². The zero-order chi connectivity index (χ0) is 20.8. The Balaban J connectivity index is 1.59. The number of para-hydroxylation sites is 1. The first-order chi connectivity index (χ1) is 15.3. The predicted octanol–water partition coefficient (Wildman–Crippen LogP) is 7.00. The standard InChI is InChI=1S/C28H23N3/c1-20-9-8-14-24-25-19-23(30-18-17-29-28(30)21-10-4-2-5-11-21)15-16-26(25)31(27(20)24)22-12-6-3-7-13-22/h2-8,10-20H,9H2,1H3. The Hall–Kier alpha value is -3.85. The lowest BCUT2D eigenvalue weighted by atomic mass is 9.93. The molecule has 1 aliphatic rings. The number of nitrogens with zero attached hydrogens (tertiary/aromatic N) is 3. The van der Waals surface area contributed by atoms with Crippen LogP contribution in [0.2, 0.25) is 0 Å². The minimum atomic E-state index is 0.476. The molecule has 2 aromatic heterocycles. The van der Waals surface area contributed by atoms with E-state index in [1.165, 1.54) is 27.8 Å². The van der Waals surface area contributed by atoms with Crippen LogP contribution in [0.3, 0.4) is 0 Å². The Labute approximate surface area is 181 Å². The predicted molar refractivity (Wildman–Crippen MR) is 128 cm³/mol. The van der Waals surface area contributed by atoms with E-state index in [2.05, 4.69) is 106 Å². The molecule has 0 amide bonds. The van der Waals surface area contributed by atoms with Gasteiger partial charge in [-0.1, -0.05) is 67.6 Å². The van der Waals surface area contributed by atoms with E-state index in [0.717, 1.165) is 23.5 Å². The summed E-state index contributed by atoms with van der Waals surface area (Å²) in [6, 6.07) is 27.8. The third kappa shape index (κ3) is 2.85. The molecule has 3 heteroatoms. The molecule has 0 saturated carbocycles. The highest BCUT2D eigenvalue weighted by molar-refractivity contribution is 5.95. The topological polar surface area (TPSA) is 22.8 Å². The van der Waals surface area contributed by atoms with Gasteiger partial charge in [0.2, 0.25) is 0 Å². The van der Waals surface area contributed by atoms with Crippen molar-refractivity contribution in [1.29, 1.82) is 0 Å². The lowest BCUT2D eigenvalue weighted by Gasteiger charge is -2.19. The van der Waals surface area contributed by atoms with Gasteiger partial charge in [0.05, 0.1) is 5.52 Å². The smallest absolute Gasteiger partial charge is 0.144 e. The summed E-state index contributed by atoms with van der Waals surface area (Å²) in [6.07, 6.45) is 9.60. The van der Waals surface area contributed by atoms with Crippen molar-refractivity contribution in [1.82, 2.24) is 14.1 Å². The zero-order valence-electron chi connectivity index (χ0n) is 17.4. The maximum atomic E-state index is 4.64. The van der Waals surface area contributed by atoms with Gasteiger partial charge in [-0.2, -0.15) is 0 Å². The summed E-state index contributed by atoms with van der Waals surface area (Å²) in [6.45, 7) is 2.32. The van der Waals surface area contributed by atoms with Crippen LogP contribution in [-0.2, 0) is 0 Å². The fraction of sp³-hybridized carbons (Fsp3) is 0.107. The van der Waals surface area contributed by atoms with E-state index < -0.39 is 0 Å². The van der Waals surface area contributed by atoms with Crippen molar-refractivity contribution in [3.63, 3.8) is 0 Å². The first kappa shape index (κ1) is 18.0. The first-order valence-corrected chi connectivity index (χ1v) is 10.8. The molecule has 1 unspecified atom stereocenters. The molecular formula is C28H23N3. The number of aromatic nitrogens is 3. The molecule has 0 radical (unpaired) electrons. The van der Waals surface area contributed by atoms with E-state index in [1.807, 2.05) is 18.5 Å². The summed E-state index contributed by atoms with van der Waals surface area (Å²) < 4.78 is 4.62. The SMILES string of the molecule is CC1CC=Cc2c1n(-c1ccccc1)c1ccc(-n3ccnc3-c3ccccc3)cc21. The average molecular weight is 402 g/mol. The van der Waals surface area contributed by atoms with Crippen molar-refractivity contribution < 1.29 is 0 Å². The van der Waals surface area contributed by atoms with Crippen molar-refractivity contribution in [3.05, 3.63) is 109 Å². The molecule has 0 fully saturated rings. The normalized spacial score (nSPS) is 15.3. The summed E-state index contributed by atoms with van der Waals surface area (Å²) in [5.41, 5.74) is 7.44. The number of hydrogen-bond acceptors (Lipinski definition) is 1. The van der Waals surface area contributed by atoms with Crippen molar-refractivity contribution in [2.45, 2.75) is 19.3 Å². The second kappa shape index (κ2) is 7.13. The molecule has 31 heavy (non-hydrogen) atoms. The number of rotatable bonds is 3. The number of hydrogen-bond donors (Lipinski definition) is 0. The highest BCUT2D eigenvalue weighted by Gasteiger charge is 2.23. The largest absolute Gasteiger partial charge is 0.313 e. The highest BCUT2D eigenvalue weighted by atomic mass is 15.1. The van der Waals surface area contributed by atoms with Crippen molar-refractivity contribution in [2.24, 2.45) is 0 Å². The molecule has 1 atom stereocenters. The molecule has 5 aromatic rings. The van der Waals surface area contributed by atoms with E-state index in [1.54, 1.807) is 0 Å². The highest BCUT2D eigenvalue weighted by Crippen LogP contribution is 2.40. The summed E-state index contributed by atoms with van der Waals surface area (Å²) in [7, 11) is 0. The Morgan fingerprint density at radius 3 is 2.45 bits per heavy atom. The van der Waals surface area contributed by atoms with Gasteiger partial charge in [0.15, 0.2) is 0 Å². The molecule has 0 bridgehead atoms. The van der Waals surface area contributed by atoms with E-state index in [-0.39, 0.29) is 0 Å². The van der Waals surface area contributed by atoms with Gasteiger partial charge in [0.25, 0.3) is 0 Å². The minimum absolute atomic E-state index is 0.476. The Morgan fingerprint density at radius 2 is 1.65 bits per heavy atom. The van der Waals surface area contributed by atoms with E-state index in [0.29, 0.717) is 5.92 Å². The third-order valence-corrected chi connectivity index (χ3v) is 6.23. The average Bonchev–Trinajstić information content (AvgIpc) is 3.44. The van der Waals surface area contributed by atoms with Crippen LogP contribution in [0.4, 0.5) is 0 Å². The van der Waals surface area contributed by atoms with Gasteiger partial charge in [-0.3, -0.25) is 4.57 Å². The van der Waals surface area contributed by atoms with Gasteiger partial charge < -0.3 is 4.57 Å². The second-order valence-corrected chi connectivity index (χ2v) is 8.20. The summed E-state index contributed by atoms with van der Waals surface area (Å²) in [5, 5.41) is 1.28. The monoisotopic (exact) mass is 401 g/mol. The van der Waals surface area contributed by atoms with Crippen LogP contribution in [0.1, 0.15) is 30.5 Å². The van der Waals surface area contributed by atoms with Gasteiger partial charge in [-0.25, -0.2) is 4.98 Å². The first-order valence-electron chi connectivity index (χ1n) is 10.8. The summed E-state index contributed by atoms with van der Waals surface area (Å²) in [4.78, 5) is 4.64. The second-order valence-electron chi connectivity index (χ2n) is 8.20. The number of allylic oxidation sites excluding steroid dienone is 1. The van der Waals surface area contributed by atoms with Crippen LogP contribution in [0, 0.1) is 0 Å². The van der Waals surface area contributed by atoms with Crippen molar-refractivity contribution in [2.75, 3.05) is 0 Å². The van der Waals surface area contributed by atoms with E-state index in [4.69, 9.17) is 0 Å². The molecule has 150 valence electrons. The Morgan fingerprint density at radius 1 is 0.871 bits per heavy atom. The van der Waals surface area contributed by atoms with Gasteiger partial charge in [0.1, 0.15) is 5.82 Å². The summed E-state index contributed by atoms with van der Waals surface area (Å²) >= 11 is 0. The zero-order valence-corrected chi connectivity index (χ0v) is 17.4. The fourth-order valence-corrected chi connectivity index (χ4v) is 4.80. The third-order valence-electron chi connectivity index (χ3n) is 6.23. The molecule has 0 N–H and O–H groups in total. The fourth-order valence-electron chi connectivity index (χ4n) is 4.80. The number of fused-ring (bicyclic) bond motifs is 3. The quantitative estimate of drug-likeness (QED) is 0.319. The molecular weight excluding hydrogens is 378 g/mol. The van der Waals surface area contributed by atoms with Crippen LogP contribution < -0.4 is 0 Å². The number of benzene rings is 3. The van der Waals surface area contributed by atoms with Crippen LogP contribution in [-0.4, -0.2) is 14.1 Å². The molecule has 1 aliphatic carbocycles. The van der Waals surface area contributed by atoms with Crippen LogP contribution in [0.25, 0.3) is 39.7 Å². The minimum Gasteiger partial charge on any atom is -0.313 e. The van der Waals surface area contributed by atoms with Gasteiger partial charge in [-0.05, 0) is 36.8 Å². The molecule has 0 aliphatic heterocycles. The van der Waals surface area contributed by atoms with Crippen LogP contribution in [0.5, 0.6) is 0 Å². The lowest BCUT2D eigenvalue weighted by Crippen LogP contribution is -2.06. The molecule has 3 nitrogen and oxygen atoms in total. The molecule has 0 saturated heterocycles. The van der Waals surface area contributed by atoms with Crippen LogP contribution in [0.15, 0.2) is 97.3 Å². The van der Waals surface area contributed by atoms with Gasteiger partial charge in [-0.15, -0.1) is 0 Å². The Bertz CT molecular complexity index is 1410. The van der Waals surface area contributed by atoms with Gasteiger partial charge >= 0.3 is 0 Å². The maximum absolute atomic E-state index is 4.64. The number of imidazole rings is 1. The van der Waals surface area contributed by atoms with E-state index in [9.17, 15) is 0 Å². The molecule has 3 aromatic carbocycles. The van der Waals surface area contributed by atoms with E-state index >= 15 is 0 Å². The molecule has 6 rings (SSSR count). The molecule has 2 heterocycles. The molecule has 0 spiro atoms. The lowest BCUT2D eigenvalue weighted by molar-refractivity contribution is 0.723.